The second-order valence-electron chi connectivity index (χ2n) is 14.7. The van der Waals surface area contributed by atoms with E-state index in [0.29, 0.717) is 32.9 Å². The summed E-state index contributed by atoms with van der Waals surface area (Å²) in [5.74, 6) is 1.74. The summed E-state index contributed by atoms with van der Waals surface area (Å²) in [5, 5.41) is 3.59. The number of nitrogens with zero attached hydrogens (tertiary/aromatic N) is 3. The van der Waals surface area contributed by atoms with Crippen molar-refractivity contribution in [3.8, 4) is 11.5 Å². The molecule has 10 nitrogen and oxygen atoms in total. The molecule has 1 fully saturated rings. The Morgan fingerprint density at radius 2 is 1.90 bits per heavy atom. The number of aryl methyl sites for hydroxylation is 2. The first-order chi connectivity index (χ1) is 25.3. The number of nitrogens with one attached hydrogen (secondary N) is 1. The van der Waals surface area contributed by atoms with E-state index < -0.39 is 5.60 Å². The molecule has 52 heavy (non-hydrogen) atoms. The van der Waals surface area contributed by atoms with Crippen molar-refractivity contribution < 1.29 is 28.5 Å². The molecule has 0 aliphatic carbocycles. The largest absolute Gasteiger partial charge is 0.496 e. The molecule has 0 spiro atoms. The normalized spacial score (nSPS) is 17.9. The molecule has 4 aromatic rings. The van der Waals surface area contributed by atoms with Gasteiger partial charge in [-0.25, -0.2) is 9.78 Å². The Morgan fingerprint density at radius 1 is 1.06 bits per heavy atom. The van der Waals surface area contributed by atoms with E-state index >= 15 is 0 Å². The van der Waals surface area contributed by atoms with Crippen molar-refractivity contribution in [2.75, 3.05) is 45.3 Å². The second-order valence-corrected chi connectivity index (χ2v) is 14.7. The number of amides is 1. The Kier molecular flexibility index (Phi) is 12.7. The minimum absolute atomic E-state index is 0.0858. The fourth-order valence-electron chi connectivity index (χ4n) is 6.98. The number of carbonyl (C=O) groups is 1. The number of benzene rings is 3. The predicted octanol–water partition coefficient (Wildman–Crippen LogP) is 8.18. The topological polar surface area (TPSA) is 96.3 Å². The van der Waals surface area contributed by atoms with E-state index in [1.165, 1.54) is 16.8 Å². The zero-order valence-electron chi connectivity index (χ0n) is 31.1. The first-order valence-electron chi connectivity index (χ1n) is 18.6. The third kappa shape index (κ3) is 10.3. The van der Waals surface area contributed by atoms with Crippen molar-refractivity contribution >= 4 is 11.8 Å². The summed E-state index contributed by atoms with van der Waals surface area (Å²) in [6, 6.07) is 23.0. The zero-order chi connectivity index (χ0) is 36.3. The number of piperidine rings is 1. The van der Waals surface area contributed by atoms with Crippen molar-refractivity contribution in [3.05, 3.63) is 108 Å². The highest BCUT2D eigenvalue weighted by molar-refractivity contribution is 5.68. The maximum Gasteiger partial charge on any atom is 0.410 e. The summed E-state index contributed by atoms with van der Waals surface area (Å²) in [6.45, 7) is 10.1. The molecule has 1 amide bonds. The Bertz CT molecular complexity index is 1700. The quantitative estimate of drug-likeness (QED) is 0.124. The molecule has 1 N–H and O–H groups in total. The van der Waals surface area contributed by atoms with Gasteiger partial charge in [-0.15, -0.1) is 0 Å². The van der Waals surface area contributed by atoms with Gasteiger partial charge in [-0.3, -0.25) is 0 Å². The third-order valence-corrected chi connectivity index (χ3v) is 9.66. The highest BCUT2D eigenvalue weighted by Crippen LogP contribution is 2.37. The minimum atomic E-state index is -0.578. The third-order valence-electron chi connectivity index (χ3n) is 9.66. The van der Waals surface area contributed by atoms with E-state index in [-0.39, 0.29) is 24.2 Å². The Hall–Kier alpha value is -4.54. The van der Waals surface area contributed by atoms with Crippen molar-refractivity contribution in [1.82, 2.24) is 14.5 Å². The first-order valence-corrected chi connectivity index (χ1v) is 18.6. The number of fused-ring (bicyclic) bond motifs is 1. The van der Waals surface area contributed by atoms with Crippen LogP contribution in [0.1, 0.15) is 80.7 Å². The van der Waals surface area contributed by atoms with Gasteiger partial charge in [-0.1, -0.05) is 42.5 Å². The molecule has 1 aromatic heterocycles. The number of hydrogen-bond acceptors (Lipinski definition) is 8. The number of rotatable bonds is 15. The molecule has 10 heteroatoms. The van der Waals surface area contributed by atoms with Crippen LogP contribution in [0, 0.1) is 0 Å². The second kappa shape index (κ2) is 17.8. The van der Waals surface area contributed by atoms with Gasteiger partial charge in [0.2, 0.25) is 0 Å². The van der Waals surface area contributed by atoms with Crippen LogP contribution in [-0.2, 0) is 33.8 Å². The zero-order valence-corrected chi connectivity index (χ0v) is 31.1. The number of carbonyl (C=O) groups excluding carboxylic acids is 1. The highest BCUT2D eigenvalue weighted by atomic mass is 16.6. The molecular formula is C42H54N4O6. The molecule has 1 saturated heterocycles. The molecule has 6 rings (SSSR count). The van der Waals surface area contributed by atoms with Crippen molar-refractivity contribution in [1.29, 1.82) is 0 Å². The highest BCUT2D eigenvalue weighted by Gasteiger charge is 2.37. The summed E-state index contributed by atoms with van der Waals surface area (Å²) in [7, 11) is 1.67. The maximum atomic E-state index is 13.3. The van der Waals surface area contributed by atoms with Crippen molar-refractivity contribution in [3.63, 3.8) is 0 Å². The van der Waals surface area contributed by atoms with Gasteiger partial charge >= 0.3 is 6.09 Å². The summed E-state index contributed by atoms with van der Waals surface area (Å²) in [5.41, 5.74) is 5.29. The molecule has 2 aliphatic rings. The van der Waals surface area contributed by atoms with Crippen LogP contribution in [0.25, 0.3) is 0 Å². The molecular weight excluding hydrogens is 656 g/mol. The summed E-state index contributed by atoms with van der Waals surface area (Å²) in [6.07, 6.45) is 9.41. The Labute approximate surface area is 308 Å². The molecule has 0 bridgehead atoms. The van der Waals surface area contributed by atoms with Gasteiger partial charge in [-0.05, 0) is 87.4 Å². The fraction of sp³-hybridized carbons (Fsp3) is 0.476. The van der Waals surface area contributed by atoms with Crippen LogP contribution in [-0.4, -0.2) is 72.2 Å². The number of imidazole rings is 1. The predicted molar refractivity (Wildman–Crippen MR) is 202 cm³/mol. The van der Waals surface area contributed by atoms with E-state index in [1.807, 2.05) is 69.7 Å². The summed E-state index contributed by atoms with van der Waals surface area (Å²) in [4.78, 5) is 19.4. The van der Waals surface area contributed by atoms with E-state index in [4.69, 9.17) is 23.7 Å². The Morgan fingerprint density at radius 3 is 2.69 bits per heavy atom. The van der Waals surface area contributed by atoms with Crippen LogP contribution in [0.2, 0.25) is 0 Å². The first kappa shape index (κ1) is 37.2. The number of anilines is 1. The lowest BCUT2D eigenvalue weighted by Gasteiger charge is -2.40. The SMILES string of the molecule is COc1ccccc1COCCCOc1ccc([C@H]2CCN(C(=O)OC(C)(C)C)C[C@@H]2OC(CCn2ccnc2)c2ccc3c(c2)NCCC3)cc1. The van der Waals surface area contributed by atoms with Gasteiger partial charge in [0.25, 0.3) is 0 Å². The monoisotopic (exact) mass is 710 g/mol. The van der Waals surface area contributed by atoms with Gasteiger partial charge in [0.05, 0.1) is 52.0 Å². The van der Waals surface area contributed by atoms with Crippen LogP contribution < -0.4 is 14.8 Å². The molecule has 0 saturated carbocycles. The van der Waals surface area contributed by atoms with Crippen LogP contribution in [0.15, 0.2) is 85.5 Å². The summed E-state index contributed by atoms with van der Waals surface area (Å²) >= 11 is 0. The summed E-state index contributed by atoms with van der Waals surface area (Å²) < 4.78 is 32.4. The van der Waals surface area contributed by atoms with E-state index in [9.17, 15) is 4.79 Å². The molecule has 1 unspecified atom stereocenters. The number of para-hydroxylation sites is 1. The molecule has 3 heterocycles. The number of likely N-dealkylation sites (tertiary alicyclic amines) is 1. The number of hydrogen-bond donors (Lipinski definition) is 1. The lowest BCUT2D eigenvalue weighted by molar-refractivity contribution is -0.0686. The van der Waals surface area contributed by atoms with Gasteiger partial charge in [0.15, 0.2) is 0 Å². The maximum absolute atomic E-state index is 13.3. The van der Waals surface area contributed by atoms with Gasteiger partial charge < -0.3 is 38.5 Å². The van der Waals surface area contributed by atoms with Crippen LogP contribution in [0.3, 0.4) is 0 Å². The average molecular weight is 711 g/mol. The van der Waals surface area contributed by atoms with Crippen LogP contribution in [0.5, 0.6) is 11.5 Å². The molecule has 278 valence electrons. The smallest absolute Gasteiger partial charge is 0.410 e. The van der Waals surface area contributed by atoms with Gasteiger partial charge in [-0.2, -0.15) is 0 Å². The molecule has 2 aliphatic heterocycles. The average Bonchev–Trinajstić information content (AvgIpc) is 3.68. The molecule has 3 aromatic carbocycles. The molecule has 3 atom stereocenters. The number of methoxy groups -OCH3 is 1. The minimum Gasteiger partial charge on any atom is -0.496 e. The van der Waals surface area contributed by atoms with Crippen LogP contribution in [0.4, 0.5) is 10.5 Å². The van der Waals surface area contributed by atoms with Crippen molar-refractivity contribution in [2.24, 2.45) is 0 Å². The van der Waals surface area contributed by atoms with Gasteiger partial charge in [0, 0.05) is 55.6 Å². The lowest BCUT2D eigenvalue weighted by atomic mass is 9.86. The number of aromatic nitrogens is 2. The molecule has 0 radical (unpaired) electrons. The Balaban J connectivity index is 1.13. The van der Waals surface area contributed by atoms with E-state index in [0.717, 1.165) is 67.8 Å². The van der Waals surface area contributed by atoms with E-state index in [1.54, 1.807) is 18.2 Å². The standard InChI is InChI=1S/C42H54N4O6/c1-42(2,3)52-41(47)46-23-18-36(31-14-16-35(17-15-31)50-26-8-25-49-29-34-9-5-6-11-38(34)48-4)40(28-46)51-39(19-22-45-24-21-43-30-45)33-13-12-32-10-7-20-44-37(32)27-33/h5-6,9,11-17,21,24,27,30,36,39-40,44H,7-8,10,18-20,22-23,25-26,28-29H2,1-4H3/t36-,39?,40+/m1/s1. The van der Waals surface area contributed by atoms with Crippen LogP contribution >= 0.6 is 0 Å². The fourth-order valence-corrected chi connectivity index (χ4v) is 6.98. The lowest BCUT2D eigenvalue weighted by Crippen LogP contribution is -2.48. The van der Waals surface area contributed by atoms with Gasteiger partial charge in [0.1, 0.15) is 17.1 Å². The van der Waals surface area contributed by atoms with Crippen molar-refractivity contribution in [2.45, 2.75) is 89.8 Å². The van der Waals surface area contributed by atoms with E-state index in [2.05, 4.69) is 45.2 Å². The number of ether oxygens (including phenoxy) is 5.